The van der Waals surface area contributed by atoms with E-state index in [0.717, 1.165) is 12.1 Å². The van der Waals surface area contributed by atoms with E-state index in [0.29, 0.717) is 23.7 Å². The molecular formula is C15H16F2N2O. The van der Waals surface area contributed by atoms with E-state index in [-0.39, 0.29) is 6.10 Å². The van der Waals surface area contributed by atoms with Gasteiger partial charge >= 0.3 is 0 Å². The SMILES string of the molecule is CC(C)Oc1cccnc1NCc1ccc(F)c(F)c1. The second kappa shape index (κ2) is 6.32. The number of ether oxygens (including phenoxy) is 1. The number of aromatic nitrogens is 1. The van der Waals surface area contributed by atoms with E-state index in [1.165, 1.54) is 6.07 Å². The van der Waals surface area contributed by atoms with Crippen molar-refractivity contribution in [1.82, 2.24) is 4.98 Å². The van der Waals surface area contributed by atoms with Crippen LogP contribution in [-0.4, -0.2) is 11.1 Å². The van der Waals surface area contributed by atoms with Gasteiger partial charge in [0.1, 0.15) is 0 Å². The van der Waals surface area contributed by atoms with Gasteiger partial charge in [-0.2, -0.15) is 0 Å². The fourth-order valence-corrected chi connectivity index (χ4v) is 1.71. The van der Waals surface area contributed by atoms with Gasteiger partial charge in [0.15, 0.2) is 23.2 Å². The summed E-state index contributed by atoms with van der Waals surface area (Å²) < 4.78 is 31.6. The van der Waals surface area contributed by atoms with Gasteiger partial charge in [-0.1, -0.05) is 6.07 Å². The first-order valence-corrected chi connectivity index (χ1v) is 6.35. The van der Waals surface area contributed by atoms with Gasteiger partial charge in [-0.15, -0.1) is 0 Å². The van der Waals surface area contributed by atoms with Crippen molar-refractivity contribution in [3.63, 3.8) is 0 Å². The molecule has 0 spiro atoms. The molecule has 1 heterocycles. The van der Waals surface area contributed by atoms with Crippen LogP contribution in [0.3, 0.4) is 0 Å². The highest BCUT2D eigenvalue weighted by atomic mass is 19.2. The minimum atomic E-state index is -0.857. The van der Waals surface area contributed by atoms with E-state index < -0.39 is 11.6 Å². The van der Waals surface area contributed by atoms with Crippen molar-refractivity contribution >= 4 is 5.82 Å². The van der Waals surface area contributed by atoms with Crippen LogP contribution in [0.5, 0.6) is 5.75 Å². The summed E-state index contributed by atoms with van der Waals surface area (Å²) in [6, 6.07) is 7.38. The first kappa shape index (κ1) is 14.2. The fraction of sp³-hybridized carbons (Fsp3) is 0.267. The number of rotatable bonds is 5. The molecule has 1 N–H and O–H groups in total. The molecule has 2 rings (SSSR count). The minimum absolute atomic E-state index is 0.0306. The van der Waals surface area contributed by atoms with Crippen molar-refractivity contribution < 1.29 is 13.5 Å². The van der Waals surface area contributed by atoms with Gasteiger partial charge < -0.3 is 10.1 Å². The van der Waals surface area contributed by atoms with Gasteiger partial charge in [0.2, 0.25) is 0 Å². The zero-order valence-corrected chi connectivity index (χ0v) is 11.4. The third-order valence-electron chi connectivity index (χ3n) is 2.58. The maximum absolute atomic E-state index is 13.1. The number of nitrogens with zero attached hydrogens (tertiary/aromatic N) is 1. The van der Waals surface area contributed by atoms with Gasteiger partial charge in [0.25, 0.3) is 0 Å². The van der Waals surface area contributed by atoms with Crippen molar-refractivity contribution in [2.45, 2.75) is 26.5 Å². The fourth-order valence-electron chi connectivity index (χ4n) is 1.71. The Bertz CT molecular complexity index is 588. The van der Waals surface area contributed by atoms with Crippen LogP contribution in [-0.2, 0) is 6.54 Å². The Morgan fingerprint density at radius 3 is 2.70 bits per heavy atom. The molecule has 0 atom stereocenters. The molecule has 0 unspecified atom stereocenters. The lowest BCUT2D eigenvalue weighted by atomic mass is 10.2. The molecule has 0 bridgehead atoms. The van der Waals surface area contributed by atoms with E-state index in [2.05, 4.69) is 10.3 Å². The Morgan fingerprint density at radius 1 is 1.20 bits per heavy atom. The van der Waals surface area contributed by atoms with Crippen LogP contribution in [0.4, 0.5) is 14.6 Å². The number of hydrogen-bond acceptors (Lipinski definition) is 3. The molecule has 106 valence electrons. The van der Waals surface area contributed by atoms with Gasteiger partial charge in [-0.05, 0) is 43.7 Å². The molecule has 0 fully saturated rings. The lowest BCUT2D eigenvalue weighted by molar-refractivity contribution is 0.243. The Morgan fingerprint density at radius 2 is 2.00 bits per heavy atom. The smallest absolute Gasteiger partial charge is 0.169 e. The predicted octanol–water partition coefficient (Wildman–Crippen LogP) is 3.76. The molecule has 0 aliphatic heterocycles. The summed E-state index contributed by atoms with van der Waals surface area (Å²) in [5.41, 5.74) is 0.630. The molecule has 1 aromatic carbocycles. The van der Waals surface area contributed by atoms with Gasteiger partial charge in [0, 0.05) is 12.7 Å². The maximum Gasteiger partial charge on any atom is 0.169 e. The lowest BCUT2D eigenvalue weighted by Gasteiger charge is -2.14. The summed E-state index contributed by atoms with van der Waals surface area (Å²) >= 11 is 0. The molecule has 0 aliphatic carbocycles. The van der Waals surface area contributed by atoms with E-state index in [1.54, 1.807) is 18.3 Å². The molecule has 20 heavy (non-hydrogen) atoms. The number of benzene rings is 1. The Labute approximate surface area is 116 Å². The first-order chi connectivity index (χ1) is 9.56. The molecule has 0 saturated heterocycles. The summed E-state index contributed by atoms with van der Waals surface area (Å²) in [5.74, 6) is -0.504. The second-order valence-electron chi connectivity index (χ2n) is 4.62. The van der Waals surface area contributed by atoms with Crippen LogP contribution in [0.25, 0.3) is 0 Å². The molecule has 0 radical (unpaired) electrons. The maximum atomic E-state index is 13.1. The monoisotopic (exact) mass is 278 g/mol. The van der Waals surface area contributed by atoms with Crippen molar-refractivity contribution in [2.75, 3.05) is 5.32 Å². The molecular weight excluding hydrogens is 262 g/mol. The normalized spacial score (nSPS) is 10.7. The lowest BCUT2D eigenvalue weighted by Crippen LogP contribution is -2.09. The van der Waals surface area contributed by atoms with Crippen LogP contribution < -0.4 is 10.1 Å². The molecule has 0 saturated carbocycles. The van der Waals surface area contributed by atoms with Gasteiger partial charge in [-0.25, -0.2) is 13.8 Å². The van der Waals surface area contributed by atoms with Crippen molar-refractivity contribution in [3.05, 3.63) is 53.7 Å². The summed E-state index contributed by atoms with van der Waals surface area (Å²) in [6.07, 6.45) is 1.67. The third-order valence-corrected chi connectivity index (χ3v) is 2.58. The number of anilines is 1. The topological polar surface area (TPSA) is 34.1 Å². The first-order valence-electron chi connectivity index (χ1n) is 6.35. The van der Waals surface area contributed by atoms with Gasteiger partial charge in [0.05, 0.1) is 6.10 Å². The molecule has 3 nitrogen and oxygen atoms in total. The summed E-state index contributed by atoms with van der Waals surface area (Å²) in [5, 5.41) is 3.06. The minimum Gasteiger partial charge on any atom is -0.487 e. The average Bonchev–Trinajstić information content (AvgIpc) is 2.41. The standard InChI is InChI=1S/C15H16F2N2O/c1-10(2)20-14-4-3-7-18-15(14)19-9-11-5-6-12(16)13(17)8-11/h3-8,10H,9H2,1-2H3,(H,18,19). The van der Waals surface area contributed by atoms with Crippen molar-refractivity contribution in [2.24, 2.45) is 0 Å². The van der Waals surface area contributed by atoms with E-state index in [9.17, 15) is 8.78 Å². The largest absolute Gasteiger partial charge is 0.487 e. The van der Waals surface area contributed by atoms with Crippen molar-refractivity contribution in [1.29, 1.82) is 0 Å². The highest BCUT2D eigenvalue weighted by molar-refractivity contribution is 5.49. The predicted molar refractivity (Wildman–Crippen MR) is 73.7 cm³/mol. The molecule has 1 aromatic heterocycles. The Balaban J connectivity index is 2.08. The number of nitrogens with one attached hydrogen (secondary N) is 1. The van der Waals surface area contributed by atoms with E-state index in [4.69, 9.17) is 4.74 Å². The van der Waals surface area contributed by atoms with Crippen LogP contribution >= 0.6 is 0 Å². The number of hydrogen-bond donors (Lipinski definition) is 1. The molecule has 0 amide bonds. The number of halogens is 2. The van der Waals surface area contributed by atoms with Crippen LogP contribution in [0.15, 0.2) is 36.5 Å². The van der Waals surface area contributed by atoms with Gasteiger partial charge in [-0.3, -0.25) is 0 Å². The second-order valence-corrected chi connectivity index (χ2v) is 4.62. The third kappa shape index (κ3) is 3.66. The highest BCUT2D eigenvalue weighted by Gasteiger charge is 2.07. The molecule has 2 aromatic rings. The quantitative estimate of drug-likeness (QED) is 0.904. The van der Waals surface area contributed by atoms with Crippen LogP contribution in [0, 0.1) is 11.6 Å². The van der Waals surface area contributed by atoms with Crippen LogP contribution in [0.2, 0.25) is 0 Å². The summed E-state index contributed by atoms with van der Waals surface area (Å²) in [4.78, 5) is 4.18. The summed E-state index contributed by atoms with van der Waals surface area (Å²) in [7, 11) is 0. The Kier molecular flexibility index (Phi) is 4.50. The zero-order chi connectivity index (χ0) is 14.5. The summed E-state index contributed by atoms with van der Waals surface area (Å²) in [6.45, 7) is 4.18. The highest BCUT2D eigenvalue weighted by Crippen LogP contribution is 2.22. The van der Waals surface area contributed by atoms with Crippen LogP contribution in [0.1, 0.15) is 19.4 Å². The zero-order valence-electron chi connectivity index (χ0n) is 11.4. The van der Waals surface area contributed by atoms with Crippen molar-refractivity contribution in [3.8, 4) is 5.75 Å². The van der Waals surface area contributed by atoms with E-state index in [1.807, 2.05) is 13.8 Å². The Hall–Kier alpha value is -2.17. The van der Waals surface area contributed by atoms with E-state index >= 15 is 0 Å². The molecule has 5 heteroatoms. The average molecular weight is 278 g/mol. The number of pyridine rings is 1. The molecule has 0 aliphatic rings.